The van der Waals surface area contributed by atoms with Crippen LogP contribution in [0.5, 0.6) is 11.5 Å². The maximum atomic E-state index is 11.3. The van der Waals surface area contributed by atoms with Crippen LogP contribution in [0.1, 0.15) is 82.8 Å². The summed E-state index contributed by atoms with van der Waals surface area (Å²) in [6.45, 7) is 5.10. The Morgan fingerprint density at radius 1 is 0.891 bits per heavy atom. The second-order valence-corrected chi connectivity index (χ2v) is 14.1. The molecule has 0 amide bonds. The highest BCUT2D eigenvalue weighted by molar-refractivity contribution is 7.99. The summed E-state index contributed by atoms with van der Waals surface area (Å²) in [4.78, 5) is 15.2. The molecule has 5 nitrogen and oxygen atoms in total. The molecule has 0 radical (unpaired) electrons. The second-order valence-electron chi connectivity index (χ2n) is 12.8. The van der Waals surface area contributed by atoms with E-state index in [1.54, 1.807) is 17.8 Å². The first-order valence-electron chi connectivity index (χ1n) is 17.1. The highest BCUT2D eigenvalue weighted by Crippen LogP contribution is 2.41. The van der Waals surface area contributed by atoms with Gasteiger partial charge in [-0.3, -0.25) is 0 Å². The summed E-state index contributed by atoms with van der Waals surface area (Å²) < 4.78 is 6.15. The molecular formula is C40H43N3O2S. The van der Waals surface area contributed by atoms with Crippen LogP contribution in [0.3, 0.4) is 0 Å². The van der Waals surface area contributed by atoms with Crippen molar-refractivity contribution in [3.05, 3.63) is 77.9 Å². The largest absolute Gasteiger partial charge is 0.507 e. The molecule has 236 valence electrons. The van der Waals surface area contributed by atoms with E-state index in [1.807, 2.05) is 12.1 Å². The van der Waals surface area contributed by atoms with Gasteiger partial charge in [0.25, 0.3) is 0 Å². The number of allylic oxidation sites excluding steroid dienone is 1. The van der Waals surface area contributed by atoms with Gasteiger partial charge in [0.1, 0.15) is 11.5 Å². The van der Waals surface area contributed by atoms with Gasteiger partial charge in [0.2, 0.25) is 0 Å². The second kappa shape index (κ2) is 13.8. The zero-order valence-corrected chi connectivity index (χ0v) is 27.8. The number of phenolic OH excluding ortho intramolecular Hbond substituents is 1. The minimum atomic E-state index is 0.125. The van der Waals surface area contributed by atoms with Crippen molar-refractivity contribution >= 4 is 39.4 Å². The Morgan fingerprint density at radius 2 is 1.72 bits per heavy atom. The van der Waals surface area contributed by atoms with E-state index in [4.69, 9.17) is 19.7 Å². The average Bonchev–Trinajstić information content (AvgIpc) is 3.60. The lowest BCUT2D eigenvalue weighted by atomic mass is 9.86. The van der Waals surface area contributed by atoms with Crippen molar-refractivity contribution < 1.29 is 9.84 Å². The van der Waals surface area contributed by atoms with Crippen molar-refractivity contribution in [2.75, 3.05) is 6.61 Å². The molecule has 7 rings (SSSR count). The first-order valence-corrected chi connectivity index (χ1v) is 18.0. The summed E-state index contributed by atoms with van der Waals surface area (Å²) >= 11 is 1.76. The summed E-state index contributed by atoms with van der Waals surface area (Å²) in [5, 5.41) is 17.5. The van der Waals surface area contributed by atoms with Crippen molar-refractivity contribution in [3.8, 4) is 34.3 Å². The predicted molar refractivity (Wildman–Crippen MR) is 192 cm³/mol. The molecule has 1 heterocycles. The Balaban J connectivity index is 1.32. The molecular weight excluding hydrogens is 587 g/mol. The first kappa shape index (κ1) is 30.7. The molecule has 0 bridgehead atoms. The number of ether oxygens (including phenoxy) is 1. The molecule has 1 fully saturated rings. The minimum absolute atomic E-state index is 0.125. The minimum Gasteiger partial charge on any atom is -0.507 e. The number of hydrogen-bond donors (Lipinski definition) is 1. The Kier molecular flexibility index (Phi) is 9.25. The number of nitrogens with zero attached hydrogens (tertiary/aromatic N) is 3. The quantitative estimate of drug-likeness (QED) is 0.147. The number of phenols is 1. The zero-order chi connectivity index (χ0) is 31.5. The Hall–Kier alpha value is -3.90. The van der Waals surface area contributed by atoms with E-state index in [-0.39, 0.29) is 5.75 Å². The highest BCUT2D eigenvalue weighted by atomic mass is 32.2. The zero-order valence-electron chi connectivity index (χ0n) is 27.0. The predicted octanol–water partition coefficient (Wildman–Crippen LogP) is 10.8. The number of aromatic hydroxyl groups is 1. The summed E-state index contributed by atoms with van der Waals surface area (Å²) in [5.74, 6) is 2.47. The van der Waals surface area contributed by atoms with Crippen molar-refractivity contribution in [2.45, 2.75) is 88.5 Å². The number of benzene rings is 4. The highest BCUT2D eigenvalue weighted by Gasteiger charge is 2.23. The Morgan fingerprint density at radius 3 is 2.52 bits per heavy atom. The fourth-order valence-corrected chi connectivity index (χ4v) is 8.17. The molecule has 0 spiro atoms. The molecule has 1 atom stereocenters. The molecule has 0 saturated heterocycles. The van der Waals surface area contributed by atoms with Gasteiger partial charge in [-0.2, -0.15) is 0 Å². The topological polar surface area (TPSA) is 68.1 Å². The van der Waals surface area contributed by atoms with E-state index in [0.29, 0.717) is 40.7 Å². The fourth-order valence-electron chi connectivity index (χ4n) is 7.03. The van der Waals surface area contributed by atoms with Gasteiger partial charge in [0.15, 0.2) is 16.8 Å². The summed E-state index contributed by atoms with van der Waals surface area (Å²) in [7, 11) is 0. The van der Waals surface area contributed by atoms with Gasteiger partial charge in [-0.1, -0.05) is 106 Å². The molecule has 1 N–H and O–H groups in total. The molecule has 6 heteroatoms. The molecule has 46 heavy (non-hydrogen) atoms. The Bertz CT molecular complexity index is 1900. The maximum Gasteiger partial charge on any atom is 0.191 e. The van der Waals surface area contributed by atoms with Gasteiger partial charge in [-0.15, -0.1) is 0 Å². The number of aryl methyl sites for hydroxylation is 1. The number of fused-ring (bicyclic) bond motifs is 5. The fraction of sp³-hybridized carbons (Fsp3) is 0.375. The maximum absolute atomic E-state index is 11.3. The van der Waals surface area contributed by atoms with E-state index >= 15 is 0 Å². The number of thioether (sulfide) groups is 1. The molecule has 5 aromatic rings. The summed E-state index contributed by atoms with van der Waals surface area (Å²) in [6.07, 6.45) is 16.0. The van der Waals surface area contributed by atoms with Gasteiger partial charge in [-0.05, 0) is 88.9 Å². The van der Waals surface area contributed by atoms with E-state index in [2.05, 4.69) is 68.5 Å². The number of unbranched alkanes of at least 4 members (excludes halogenated alkanes) is 1. The number of rotatable bonds is 11. The number of hydrogen-bond acceptors (Lipinski definition) is 6. The third-order valence-corrected chi connectivity index (χ3v) is 10.9. The lowest BCUT2D eigenvalue weighted by molar-refractivity contribution is 0.232. The average molecular weight is 630 g/mol. The van der Waals surface area contributed by atoms with Crippen LogP contribution in [-0.4, -0.2) is 31.9 Å². The van der Waals surface area contributed by atoms with Crippen LogP contribution >= 0.6 is 11.8 Å². The van der Waals surface area contributed by atoms with E-state index < -0.39 is 0 Å². The van der Waals surface area contributed by atoms with Gasteiger partial charge in [-0.25, -0.2) is 15.0 Å². The van der Waals surface area contributed by atoms with Crippen LogP contribution in [0.4, 0.5) is 0 Å². The van der Waals surface area contributed by atoms with Crippen molar-refractivity contribution in [1.29, 1.82) is 0 Å². The first-order chi connectivity index (χ1) is 22.6. The van der Waals surface area contributed by atoms with Crippen LogP contribution in [0.2, 0.25) is 0 Å². The van der Waals surface area contributed by atoms with Crippen molar-refractivity contribution in [1.82, 2.24) is 15.0 Å². The molecule has 1 unspecified atom stereocenters. The standard InChI is InChI=1S/C40H43N3O2S/c1-3-5-12-26(4-2)25-45-28-20-22-34(37(44)23-28)38-41-39(43-40(42-38)46-29-14-7-8-15-29)36-24-35-30-16-9-6-13-27(30)19-21-33(35)31-17-10-11-18-32(31)36/h6,9,11,13,16,18-24,26,29,44H,3-5,7-8,10,12,14-15,17,25H2,1-2H3. The third-order valence-electron chi connectivity index (χ3n) is 9.71. The van der Waals surface area contributed by atoms with Crippen LogP contribution in [0.25, 0.3) is 50.4 Å². The molecule has 1 aromatic heterocycles. The third kappa shape index (κ3) is 6.37. The monoisotopic (exact) mass is 629 g/mol. The molecule has 4 aromatic carbocycles. The van der Waals surface area contributed by atoms with Crippen LogP contribution < -0.4 is 4.74 Å². The SMILES string of the molecule is CCCCC(CC)COc1ccc(-c2nc(SC3CCCC3)nc(-c3cc4c(ccc5ccccc54)c4c3C=CCC4)n2)c(O)c1. The smallest absolute Gasteiger partial charge is 0.191 e. The van der Waals surface area contributed by atoms with Gasteiger partial charge < -0.3 is 9.84 Å². The van der Waals surface area contributed by atoms with Crippen molar-refractivity contribution in [3.63, 3.8) is 0 Å². The van der Waals surface area contributed by atoms with Gasteiger partial charge in [0.05, 0.1) is 12.2 Å². The normalized spacial score (nSPS) is 15.4. The summed E-state index contributed by atoms with van der Waals surface area (Å²) in [5.41, 5.74) is 4.15. The van der Waals surface area contributed by atoms with E-state index in [1.165, 1.54) is 71.2 Å². The molecule has 2 aliphatic carbocycles. The van der Waals surface area contributed by atoms with Crippen LogP contribution in [-0.2, 0) is 6.42 Å². The summed E-state index contributed by atoms with van der Waals surface area (Å²) in [6, 6.07) is 20.9. The van der Waals surface area contributed by atoms with Gasteiger partial charge in [0, 0.05) is 16.9 Å². The Labute approximate surface area is 276 Å². The number of aromatic nitrogens is 3. The molecule has 1 saturated carbocycles. The lowest BCUT2D eigenvalue weighted by Gasteiger charge is -2.20. The van der Waals surface area contributed by atoms with E-state index in [9.17, 15) is 5.11 Å². The molecule has 0 aliphatic heterocycles. The molecule has 2 aliphatic rings. The van der Waals surface area contributed by atoms with Crippen LogP contribution in [0.15, 0.2) is 71.9 Å². The van der Waals surface area contributed by atoms with Crippen molar-refractivity contribution in [2.24, 2.45) is 5.92 Å². The van der Waals surface area contributed by atoms with E-state index in [0.717, 1.165) is 36.4 Å². The van der Waals surface area contributed by atoms with Gasteiger partial charge >= 0.3 is 0 Å². The lowest BCUT2D eigenvalue weighted by Crippen LogP contribution is -2.11. The van der Waals surface area contributed by atoms with Crippen LogP contribution in [0, 0.1) is 5.92 Å².